The van der Waals surface area contributed by atoms with Crippen molar-refractivity contribution in [3.05, 3.63) is 40.6 Å². The van der Waals surface area contributed by atoms with Gasteiger partial charge >= 0.3 is 5.97 Å². The number of halogens is 1. The van der Waals surface area contributed by atoms with E-state index in [4.69, 9.17) is 21.7 Å². The Kier molecular flexibility index (Phi) is 5.51. The summed E-state index contributed by atoms with van der Waals surface area (Å²) in [6.07, 6.45) is 0.342. The summed E-state index contributed by atoms with van der Waals surface area (Å²) in [6, 6.07) is 8.23. The van der Waals surface area contributed by atoms with Gasteiger partial charge in [0, 0.05) is 22.1 Å². The highest BCUT2D eigenvalue weighted by atomic mass is 79.9. The maximum absolute atomic E-state index is 11.3. The first-order valence-electron chi connectivity index (χ1n) is 6.64. The lowest BCUT2D eigenvalue weighted by atomic mass is 10.1. The normalized spacial score (nSPS) is 10.2. The van der Waals surface area contributed by atoms with Crippen molar-refractivity contribution in [3.8, 4) is 11.3 Å². The van der Waals surface area contributed by atoms with Crippen LogP contribution in [0.1, 0.15) is 23.9 Å². The second kappa shape index (κ2) is 7.38. The van der Waals surface area contributed by atoms with Gasteiger partial charge in [-0.15, -0.1) is 0 Å². The van der Waals surface area contributed by atoms with Crippen LogP contribution in [0.2, 0.25) is 0 Å². The molecule has 0 saturated carbocycles. The fraction of sp³-hybridized carbons (Fsp3) is 0.133. The van der Waals surface area contributed by atoms with Gasteiger partial charge in [-0.05, 0) is 58.5 Å². The minimum absolute atomic E-state index is 0.127. The number of carbonyl (C=O) groups excluding carboxylic acids is 1. The zero-order valence-corrected chi connectivity index (χ0v) is 14.5. The fourth-order valence-corrected chi connectivity index (χ4v) is 2.57. The first-order valence-corrected chi connectivity index (χ1v) is 7.84. The summed E-state index contributed by atoms with van der Waals surface area (Å²) in [5.41, 5.74) is 1.37. The topological polar surface area (TPSA) is 91.6 Å². The van der Waals surface area contributed by atoms with Crippen LogP contribution in [0.15, 0.2) is 39.2 Å². The molecule has 2 aromatic rings. The number of furan rings is 1. The first-order chi connectivity index (χ1) is 10.9. The molecule has 0 aliphatic heterocycles. The van der Waals surface area contributed by atoms with Gasteiger partial charge in [-0.2, -0.15) is 0 Å². The van der Waals surface area contributed by atoms with Crippen molar-refractivity contribution in [3.63, 3.8) is 0 Å². The Morgan fingerprint density at radius 1 is 1.30 bits per heavy atom. The van der Waals surface area contributed by atoms with Crippen molar-refractivity contribution >= 4 is 50.8 Å². The summed E-state index contributed by atoms with van der Waals surface area (Å²) in [4.78, 5) is 22.1. The lowest BCUT2D eigenvalue weighted by molar-refractivity contribution is -0.119. The SMILES string of the molecule is CCC(=O)NC(=S)Nc1ccc(-c2ccc(C(=O)O)o2)c(Br)c1. The predicted molar refractivity (Wildman–Crippen MR) is 93.5 cm³/mol. The van der Waals surface area contributed by atoms with E-state index < -0.39 is 5.97 Å². The quantitative estimate of drug-likeness (QED) is 0.683. The van der Waals surface area contributed by atoms with E-state index >= 15 is 0 Å². The zero-order chi connectivity index (χ0) is 17.0. The highest BCUT2D eigenvalue weighted by Crippen LogP contribution is 2.32. The molecule has 0 aliphatic carbocycles. The Morgan fingerprint density at radius 3 is 2.61 bits per heavy atom. The van der Waals surface area contributed by atoms with Crippen molar-refractivity contribution in [2.24, 2.45) is 0 Å². The molecule has 0 bridgehead atoms. The third-order valence-corrected chi connectivity index (χ3v) is 3.74. The Bertz CT molecular complexity index is 773. The van der Waals surface area contributed by atoms with Gasteiger partial charge in [0.1, 0.15) is 5.76 Å². The Balaban J connectivity index is 2.15. The maximum Gasteiger partial charge on any atom is 0.371 e. The molecule has 0 atom stereocenters. The number of carboxylic acids is 1. The zero-order valence-electron chi connectivity index (χ0n) is 12.1. The van der Waals surface area contributed by atoms with Crippen LogP contribution < -0.4 is 10.6 Å². The molecular weight excluding hydrogens is 384 g/mol. The average molecular weight is 397 g/mol. The van der Waals surface area contributed by atoms with E-state index in [1.165, 1.54) is 6.07 Å². The summed E-state index contributed by atoms with van der Waals surface area (Å²) in [5.74, 6) is -0.988. The number of benzene rings is 1. The van der Waals surface area contributed by atoms with Gasteiger partial charge in [-0.25, -0.2) is 4.79 Å². The number of amides is 1. The molecule has 0 radical (unpaired) electrons. The second-order valence-electron chi connectivity index (χ2n) is 4.52. The number of anilines is 1. The van der Waals surface area contributed by atoms with Crippen LogP contribution in [0.25, 0.3) is 11.3 Å². The molecule has 1 amide bonds. The predicted octanol–water partition coefficient (Wildman–Crippen LogP) is 3.63. The smallest absolute Gasteiger partial charge is 0.371 e. The van der Waals surface area contributed by atoms with Crippen molar-refractivity contribution < 1.29 is 19.1 Å². The minimum atomic E-state index is -1.12. The maximum atomic E-state index is 11.3. The Morgan fingerprint density at radius 2 is 2.04 bits per heavy atom. The number of rotatable bonds is 4. The van der Waals surface area contributed by atoms with Crippen molar-refractivity contribution in [2.45, 2.75) is 13.3 Å². The van der Waals surface area contributed by atoms with Crippen LogP contribution in [0.4, 0.5) is 5.69 Å². The van der Waals surface area contributed by atoms with E-state index in [2.05, 4.69) is 26.6 Å². The van der Waals surface area contributed by atoms with Crippen LogP contribution in [0.5, 0.6) is 0 Å². The van der Waals surface area contributed by atoms with Crippen LogP contribution in [-0.4, -0.2) is 22.1 Å². The standard InChI is InChI=1S/C15H13BrN2O4S/c1-2-13(19)18-15(23)17-8-3-4-9(10(16)7-8)11-5-6-12(22-11)14(20)21/h3-7H,2H2,1H3,(H,20,21)(H2,17,18,19,23). The third kappa shape index (κ3) is 4.40. The lowest BCUT2D eigenvalue weighted by Gasteiger charge is -2.10. The number of hydrogen-bond acceptors (Lipinski definition) is 4. The molecule has 6 nitrogen and oxygen atoms in total. The van der Waals surface area contributed by atoms with Crippen LogP contribution in [-0.2, 0) is 4.79 Å². The lowest BCUT2D eigenvalue weighted by Crippen LogP contribution is -2.33. The summed E-state index contributed by atoms with van der Waals surface area (Å²) < 4.78 is 5.96. The van der Waals surface area contributed by atoms with Crippen LogP contribution in [0, 0.1) is 0 Å². The van der Waals surface area contributed by atoms with Gasteiger partial charge in [-0.1, -0.05) is 6.92 Å². The first kappa shape index (κ1) is 17.2. The van der Waals surface area contributed by atoms with E-state index in [1.54, 1.807) is 31.2 Å². The van der Waals surface area contributed by atoms with E-state index in [9.17, 15) is 9.59 Å². The van der Waals surface area contributed by atoms with E-state index in [0.717, 1.165) is 0 Å². The van der Waals surface area contributed by atoms with Gasteiger partial charge in [0.15, 0.2) is 5.11 Å². The molecule has 3 N–H and O–H groups in total. The highest BCUT2D eigenvalue weighted by molar-refractivity contribution is 9.10. The van der Waals surface area contributed by atoms with Gasteiger partial charge in [0.2, 0.25) is 11.7 Å². The number of nitrogens with one attached hydrogen (secondary N) is 2. The van der Waals surface area contributed by atoms with E-state index in [0.29, 0.717) is 27.9 Å². The number of carbonyl (C=O) groups is 2. The van der Waals surface area contributed by atoms with Crippen LogP contribution >= 0.6 is 28.1 Å². The number of hydrogen-bond donors (Lipinski definition) is 3. The van der Waals surface area contributed by atoms with Gasteiger partial charge < -0.3 is 20.2 Å². The monoisotopic (exact) mass is 396 g/mol. The minimum Gasteiger partial charge on any atom is -0.475 e. The summed E-state index contributed by atoms with van der Waals surface area (Å²) in [5, 5.41) is 14.5. The number of aromatic carboxylic acids is 1. The van der Waals surface area contributed by atoms with Gasteiger partial charge in [0.05, 0.1) is 0 Å². The largest absolute Gasteiger partial charge is 0.475 e. The molecule has 1 heterocycles. The van der Waals surface area contributed by atoms with Crippen molar-refractivity contribution in [1.29, 1.82) is 0 Å². The highest BCUT2D eigenvalue weighted by Gasteiger charge is 2.13. The summed E-state index contributed by atoms with van der Waals surface area (Å²) in [6.45, 7) is 1.73. The molecule has 0 spiro atoms. The molecule has 1 aromatic carbocycles. The molecule has 0 saturated heterocycles. The van der Waals surface area contributed by atoms with Crippen molar-refractivity contribution in [2.75, 3.05) is 5.32 Å². The molecule has 23 heavy (non-hydrogen) atoms. The van der Waals surface area contributed by atoms with Gasteiger partial charge in [0.25, 0.3) is 0 Å². The van der Waals surface area contributed by atoms with Crippen LogP contribution in [0.3, 0.4) is 0 Å². The molecule has 0 fully saturated rings. The third-order valence-electron chi connectivity index (χ3n) is 2.88. The second-order valence-corrected chi connectivity index (χ2v) is 5.78. The Hall–Kier alpha value is -2.19. The molecule has 2 rings (SSSR count). The molecule has 0 aliphatic rings. The molecular formula is C15H13BrN2O4S. The molecule has 0 unspecified atom stereocenters. The summed E-state index contributed by atoms with van der Waals surface area (Å²) in [7, 11) is 0. The number of thiocarbonyl (C=S) groups is 1. The molecule has 120 valence electrons. The van der Waals surface area contributed by atoms with Crippen molar-refractivity contribution in [1.82, 2.24) is 5.32 Å². The van der Waals surface area contributed by atoms with Gasteiger partial charge in [-0.3, -0.25) is 4.79 Å². The fourth-order valence-electron chi connectivity index (χ4n) is 1.77. The van der Waals surface area contributed by atoms with E-state index in [1.807, 2.05) is 0 Å². The van der Waals surface area contributed by atoms with E-state index in [-0.39, 0.29) is 16.8 Å². The Labute approximate surface area is 146 Å². The number of carboxylic acid groups (broad SMARTS) is 1. The summed E-state index contributed by atoms with van der Waals surface area (Å²) >= 11 is 8.44. The molecule has 1 aromatic heterocycles. The molecule has 8 heteroatoms. The average Bonchev–Trinajstić information content (AvgIpc) is 2.96.